The Kier molecular flexibility index (Phi) is 4.68. The number of aromatic nitrogens is 1. The molecule has 0 unspecified atom stereocenters. The molecule has 0 bridgehead atoms. The number of hydrogen-bond acceptors (Lipinski definition) is 4. The number of benzene rings is 1. The van der Waals surface area contributed by atoms with Crippen molar-refractivity contribution in [3.8, 4) is 5.75 Å². The summed E-state index contributed by atoms with van der Waals surface area (Å²) in [4.78, 5) is 41.4. The van der Waals surface area contributed by atoms with Gasteiger partial charge in [0.05, 0.1) is 7.11 Å². The number of rotatable bonds is 3. The van der Waals surface area contributed by atoms with Gasteiger partial charge >= 0.3 is 0 Å². The highest BCUT2D eigenvalue weighted by Gasteiger charge is 2.50. The molecule has 7 nitrogen and oxygen atoms in total. The molecule has 2 amide bonds. The Bertz CT molecular complexity index is 1040. The van der Waals surface area contributed by atoms with Crippen molar-refractivity contribution in [3.63, 3.8) is 0 Å². The molecule has 0 N–H and O–H groups in total. The minimum absolute atomic E-state index is 0.0121. The highest BCUT2D eigenvalue weighted by molar-refractivity contribution is 5.96. The number of carbonyl (C=O) groups excluding carboxylic acids is 2. The van der Waals surface area contributed by atoms with Crippen LogP contribution in [0.15, 0.2) is 41.3 Å². The van der Waals surface area contributed by atoms with E-state index in [1.54, 1.807) is 43.5 Å². The van der Waals surface area contributed by atoms with Crippen molar-refractivity contribution in [2.75, 3.05) is 33.3 Å². The van der Waals surface area contributed by atoms with Crippen molar-refractivity contribution in [3.05, 3.63) is 63.6 Å². The largest absolute Gasteiger partial charge is 0.496 e. The molecule has 2 aromatic rings. The van der Waals surface area contributed by atoms with Crippen molar-refractivity contribution in [1.82, 2.24) is 14.4 Å². The fourth-order valence-corrected chi connectivity index (χ4v) is 4.34. The molecule has 2 aliphatic rings. The van der Waals surface area contributed by atoms with Crippen LogP contribution in [-0.4, -0.2) is 59.5 Å². The van der Waals surface area contributed by atoms with E-state index >= 15 is 0 Å². The van der Waals surface area contributed by atoms with Gasteiger partial charge in [-0.3, -0.25) is 14.4 Å². The summed E-state index contributed by atoms with van der Waals surface area (Å²) in [6.07, 6.45) is 2.50. The molecule has 4 rings (SSSR count). The summed E-state index contributed by atoms with van der Waals surface area (Å²) in [5, 5.41) is 0. The van der Waals surface area contributed by atoms with Crippen LogP contribution in [0.25, 0.3) is 0 Å². The van der Waals surface area contributed by atoms with E-state index in [-0.39, 0.29) is 28.4 Å². The lowest BCUT2D eigenvalue weighted by molar-refractivity contribution is 0.0108. The van der Waals surface area contributed by atoms with Gasteiger partial charge in [-0.25, -0.2) is 0 Å². The first-order chi connectivity index (χ1) is 13.8. The number of aryl methyl sites for hydroxylation is 2. The maximum Gasteiger partial charge on any atom is 0.263 e. The molecule has 2 aliphatic heterocycles. The van der Waals surface area contributed by atoms with E-state index in [0.717, 1.165) is 12.0 Å². The fourth-order valence-electron chi connectivity index (χ4n) is 4.34. The molecule has 1 spiro atoms. The Morgan fingerprint density at radius 1 is 1.07 bits per heavy atom. The Morgan fingerprint density at radius 3 is 2.52 bits per heavy atom. The average Bonchev–Trinajstić information content (AvgIpc) is 3.14. The normalized spacial score (nSPS) is 17.3. The van der Waals surface area contributed by atoms with Crippen LogP contribution >= 0.6 is 0 Å². The topological polar surface area (TPSA) is 71.8 Å². The second-order valence-electron chi connectivity index (χ2n) is 8.16. The summed E-state index contributed by atoms with van der Waals surface area (Å²) in [6.45, 7) is 4.39. The smallest absolute Gasteiger partial charge is 0.263 e. The molecule has 2 saturated heterocycles. The third kappa shape index (κ3) is 3.30. The summed E-state index contributed by atoms with van der Waals surface area (Å²) in [6, 6.07) is 8.78. The monoisotopic (exact) mass is 395 g/mol. The summed E-state index contributed by atoms with van der Waals surface area (Å²) < 4.78 is 6.74. The van der Waals surface area contributed by atoms with Gasteiger partial charge in [0.1, 0.15) is 11.3 Å². The van der Waals surface area contributed by atoms with Crippen molar-refractivity contribution >= 4 is 11.8 Å². The quantitative estimate of drug-likeness (QED) is 0.793. The van der Waals surface area contributed by atoms with Crippen molar-refractivity contribution in [2.24, 2.45) is 12.5 Å². The molecule has 1 aromatic heterocycles. The van der Waals surface area contributed by atoms with Crippen LogP contribution in [0.4, 0.5) is 0 Å². The third-order valence-electron chi connectivity index (χ3n) is 6.07. The molecule has 1 aromatic carbocycles. The van der Waals surface area contributed by atoms with Gasteiger partial charge in [0.2, 0.25) is 0 Å². The maximum absolute atomic E-state index is 12.9. The van der Waals surface area contributed by atoms with Crippen LogP contribution < -0.4 is 10.3 Å². The summed E-state index contributed by atoms with van der Waals surface area (Å²) in [5.74, 6) is 0.460. The van der Waals surface area contributed by atoms with E-state index in [1.165, 1.54) is 4.57 Å². The molecule has 29 heavy (non-hydrogen) atoms. The van der Waals surface area contributed by atoms with Crippen LogP contribution in [-0.2, 0) is 7.05 Å². The van der Waals surface area contributed by atoms with Gasteiger partial charge in [0.25, 0.3) is 17.4 Å². The molecule has 0 saturated carbocycles. The predicted molar refractivity (Wildman–Crippen MR) is 108 cm³/mol. The zero-order valence-corrected chi connectivity index (χ0v) is 17.0. The van der Waals surface area contributed by atoms with Crippen LogP contribution in [0, 0.1) is 12.3 Å². The van der Waals surface area contributed by atoms with E-state index in [9.17, 15) is 14.4 Å². The molecule has 0 atom stereocenters. The third-order valence-corrected chi connectivity index (χ3v) is 6.07. The molecular formula is C22H25N3O4. The molecule has 0 aliphatic carbocycles. The first kappa shape index (κ1) is 19.2. The minimum atomic E-state index is -0.282. The van der Waals surface area contributed by atoms with Gasteiger partial charge in [0, 0.05) is 50.4 Å². The van der Waals surface area contributed by atoms with Crippen molar-refractivity contribution in [1.29, 1.82) is 0 Å². The second kappa shape index (κ2) is 7.06. The zero-order valence-electron chi connectivity index (χ0n) is 17.0. The van der Waals surface area contributed by atoms with Crippen LogP contribution in [0.3, 0.4) is 0 Å². The van der Waals surface area contributed by atoms with Gasteiger partial charge in [-0.05, 0) is 43.2 Å². The van der Waals surface area contributed by atoms with Gasteiger partial charge in [-0.15, -0.1) is 0 Å². The SMILES string of the molecule is COc1cc(C(=O)N2CCC3(C2)CN(C(=O)c2cccn(C)c2=O)C3)ccc1C. The summed E-state index contributed by atoms with van der Waals surface area (Å²) >= 11 is 0. The van der Waals surface area contributed by atoms with E-state index in [0.29, 0.717) is 37.5 Å². The lowest BCUT2D eigenvalue weighted by Crippen LogP contribution is -2.60. The summed E-state index contributed by atoms with van der Waals surface area (Å²) in [5.41, 5.74) is 1.45. The van der Waals surface area contributed by atoms with Gasteiger partial charge in [-0.1, -0.05) is 6.07 Å². The number of hydrogen-bond donors (Lipinski definition) is 0. The second-order valence-corrected chi connectivity index (χ2v) is 8.16. The van der Waals surface area contributed by atoms with E-state index in [4.69, 9.17) is 4.74 Å². The first-order valence-corrected chi connectivity index (χ1v) is 9.72. The van der Waals surface area contributed by atoms with E-state index in [1.807, 2.05) is 24.0 Å². The standard InChI is InChI=1S/C22H25N3O4/c1-15-6-7-16(11-18(15)29-3)19(26)24-10-8-22(12-24)13-25(14-22)21(28)17-5-4-9-23(2)20(17)27/h4-7,9,11H,8,10,12-14H2,1-3H3. The van der Waals surface area contributed by atoms with Crippen molar-refractivity contribution < 1.29 is 14.3 Å². The van der Waals surface area contributed by atoms with Crippen LogP contribution in [0.2, 0.25) is 0 Å². The predicted octanol–water partition coefficient (Wildman–Crippen LogP) is 1.69. The lowest BCUT2D eigenvalue weighted by Gasteiger charge is -2.47. The highest BCUT2D eigenvalue weighted by Crippen LogP contribution is 2.40. The molecule has 2 fully saturated rings. The Labute approximate surface area is 169 Å². The zero-order chi connectivity index (χ0) is 20.8. The molecule has 3 heterocycles. The number of pyridine rings is 1. The molecular weight excluding hydrogens is 370 g/mol. The Morgan fingerprint density at radius 2 is 1.79 bits per heavy atom. The Balaban J connectivity index is 1.42. The van der Waals surface area contributed by atoms with Crippen LogP contribution in [0.5, 0.6) is 5.75 Å². The highest BCUT2D eigenvalue weighted by atomic mass is 16.5. The summed E-state index contributed by atoms with van der Waals surface area (Å²) in [7, 11) is 3.23. The van der Waals surface area contributed by atoms with Crippen molar-refractivity contribution in [2.45, 2.75) is 13.3 Å². The molecule has 152 valence electrons. The van der Waals surface area contributed by atoms with Gasteiger partial charge in [0.15, 0.2) is 0 Å². The molecule has 7 heteroatoms. The fraction of sp³-hybridized carbons (Fsp3) is 0.409. The Hall–Kier alpha value is -3.09. The van der Waals surface area contributed by atoms with Gasteiger partial charge in [-0.2, -0.15) is 0 Å². The molecule has 0 radical (unpaired) electrons. The van der Waals surface area contributed by atoms with Crippen LogP contribution in [0.1, 0.15) is 32.7 Å². The number of ether oxygens (including phenoxy) is 1. The lowest BCUT2D eigenvalue weighted by atomic mass is 9.78. The number of methoxy groups -OCH3 is 1. The van der Waals surface area contributed by atoms with E-state index in [2.05, 4.69) is 0 Å². The number of likely N-dealkylation sites (tertiary alicyclic amines) is 2. The van der Waals surface area contributed by atoms with Gasteiger partial charge < -0.3 is 19.1 Å². The number of nitrogens with zero attached hydrogens (tertiary/aromatic N) is 3. The average molecular weight is 395 g/mol. The maximum atomic E-state index is 12.9. The number of amides is 2. The van der Waals surface area contributed by atoms with E-state index < -0.39 is 0 Å². The first-order valence-electron chi connectivity index (χ1n) is 9.72. The minimum Gasteiger partial charge on any atom is -0.496 e. The number of carbonyl (C=O) groups is 2.